The van der Waals surface area contributed by atoms with Gasteiger partial charge in [-0.15, -0.1) is 0 Å². The Morgan fingerprint density at radius 3 is 2.54 bits per heavy atom. The topological polar surface area (TPSA) is 74.1 Å². The van der Waals surface area contributed by atoms with E-state index in [2.05, 4.69) is 10.6 Å². The molecule has 2 N–H and O–H groups in total. The summed E-state index contributed by atoms with van der Waals surface area (Å²) >= 11 is 11.4. The highest BCUT2D eigenvalue weighted by Crippen LogP contribution is 2.36. The smallest absolute Gasteiger partial charge is 0.417 e. The van der Waals surface area contributed by atoms with Crippen LogP contribution in [0.5, 0.6) is 5.75 Å². The molecule has 0 saturated heterocycles. The predicted molar refractivity (Wildman–Crippen MR) is 100 cm³/mol. The Balaban J connectivity index is 2.22. The summed E-state index contributed by atoms with van der Waals surface area (Å²) in [4.78, 5) is 12.3. The zero-order valence-corrected chi connectivity index (χ0v) is 15.7. The van der Waals surface area contributed by atoms with Crippen LogP contribution >= 0.6 is 23.2 Å². The number of alkyl halides is 3. The van der Waals surface area contributed by atoms with Gasteiger partial charge < -0.3 is 15.4 Å². The van der Waals surface area contributed by atoms with Gasteiger partial charge in [0, 0.05) is 16.9 Å². The minimum Gasteiger partial charge on any atom is -0.495 e. The lowest BCUT2D eigenvalue weighted by Gasteiger charge is -2.12. The summed E-state index contributed by atoms with van der Waals surface area (Å²) in [5, 5.41) is 14.0. The number of nitrogens with zero attached hydrogens (tertiary/aromatic N) is 1. The fraction of sp³-hybridized carbons (Fsp3) is 0.111. The largest absolute Gasteiger partial charge is 0.495 e. The number of carbonyl (C=O) groups is 1. The van der Waals surface area contributed by atoms with Crippen molar-refractivity contribution in [1.82, 2.24) is 0 Å². The van der Waals surface area contributed by atoms with Crippen molar-refractivity contribution in [2.24, 2.45) is 0 Å². The molecule has 10 heteroatoms. The highest BCUT2D eigenvalue weighted by molar-refractivity contribution is 6.31. The molecule has 0 aliphatic rings. The van der Waals surface area contributed by atoms with Gasteiger partial charge in [-0.1, -0.05) is 23.2 Å². The Morgan fingerprint density at radius 2 is 1.93 bits per heavy atom. The van der Waals surface area contributed by atoms with Crippen molar-refractivity contribution >= 4 is 40.5 Å². The number of methoxy groups -OCH3 is 1. The van der Waals surface area contributed by atoms with Gasteiger partial charge in [0.1, 0.15) is 17.4 Å². The Hall–Kier alpha value is -2.89. The first-order valence-electron chi connectivity index (χ1n) is 7.54. The molecule has 0 aliphatic heterocycles. The van der Waals surface area contributed by atoms with Crippen molar-refractivity contribution in [3.05, 3.63) is 63.8 Å². The Bertz CT molecular complexity index is 970. The third kappa shape index (κ3) is 5.31. The van der Waals surface area contributed by atoms with Crippen LogP contribution in [0.4, 0.5) is 24.5 Å². The van der Waals surface area contributed by atoms with Crippen molar-refractivity contribution in [1.29, 1.82) is 5.26 Å². The molecule has 1 amide bonds. The monoisotopic (exact) mass is 429 g/mol. The molecule has 0 unspecified atom stereocenters. The molecule has 0 spiro atoms. The number of anilines is 2. The molecule has 146 valence electrons. The molecule has 0 heterocycles. The molecule has 0 bridgehead atoms. The number of rotatable bonds is 5. The van der Waals surface area contributed by atoms with E-state index >= 15 is 0 Å². The molecule has 2 rings (SSSR count). The van der Waals surface area contributed by atoms with E-state index in [0.717, 1.165) is 18.3 Å². The Morgan fingerprint density at radius 1 is 1.21 bits per heavy atom. The Labute approximate surface area is 168 Å². The first-order chi connectivity index (χ1) is 13.2. The normalized spacial score (nSPS) is 11.5. The molecule has 28 heavy (non-hydrogen) atoms. The van der Waals surface area contributed by atoms with Crippen LogP contribution in [0, 0.1) is 11.3 Å². The summed E-state index contributed by atoms with van der Waals surface area (Å²) < 4.78 is 43.8. The van der Waals surface area contributed by atoms with Crippen LogP contribution in [0.1, 0.15) is 5.56 Å². The molecule has 0 fully saturated rings. The van der Waals surface area contributed by atoms with Gasteiger partial charge in [-0.3, -0.25) is 4.79 Å². The van der Waals surface area contributed by atoms with E-state index in [1.807, 2.05) is 0 Å². The number of nitrogens with one attached hydrogen (secondary N) is 2. The van der Waals surface area contributed by atoms with E-state index in [1.165, 1.54) is 25.3 Å². The maximum atomic E-state index is 12.9. The number of hydrogen-bond donors (Lipinski definition) is 2. The highest BCUT2D eigenvalue weighted by Gasteiger charge is 2.33. The van der Waals surface area contributed by atoms with E-state index in [-0.39, 0.29) is 16.9 Å². The van der Waals surface area contributed by atoms with E-state index in [0.29, 0.717) is 10.8 Å². The summed E-state index contributed by atoms with van der Waals surface area (Å²) in [6.07, 6.45) is -3.66. The average molecular weight is 430 g/mol. The number of ether oxygens (including phenoxy) is 1. The molecule has 0 aromatic heterocycles. The number of hydrogen-bond acceptors (Lipinski definition) is 4. The van der Waals surface area contributed by atoms with E-state index in [1.54, 1.807) is 12.1 Å². The quantitative estimate of drug-likeness (QED) is 0.487. The Kier molecular flexibility index (Phi) is 6.78. The van der Waals surface area contributed by atoms with Crippen LogP contribution in [0.15, 0.2) is 48.2 Å². The lowest BCUT2D eigenvalue weighted by Crippen LogP contribution is -2.15. The van der Waals surface area contributed by atoms with E-state index in [4.69, 9.17) is 27.9 Å². The third-order valence-corrected chi connectivity index (χ3v) is 3.99. The van der Waals surface area contributed by atoms with Crippen LogP contribution in [-0.2, 0) is 11.0 Å². The highest BCUT2D eigenvalue weighted by atomic mass is 35.5. The number of amides is 1. The molecule has 0 aliphatic carbocycles. The number of nitriles is 1. The summed E-state index contributed by atoms with van der Waals surface area (Å²) in [7, 11) is 1.39. The number of carbonyl (C=O) groups excluding carboxylic acids is 1. The fourth-order valence-electron chi connectivity index (χ4n) is 2.10. The van der Waals surface area contributed by atoms with Crippen molar-refractivity contribution < 1.29 is 22.7 Å². The van der Waals surface area contributed by atoms with Crippen LogP contribution in [0.3, 0.4) is 0 Å². The predicted octanol–water partition coefficient (Wildman–Crippen LogP) is 5.48. The second kappa shape index (κ2) is 8.87. The van der Waals surface area contributed by atoms with Gasteiger partial charge in [0.05, 0.1) is 23.4 Å². The SMILES string of the molecule is COc1ccc(Cl)cc1NC(=O)/C(C#N)=C\Nc1ccc(Cl)c(C(F)(F)F)c1. The summed E-state index contributed by atoms with van der Waals surface area (Å²) in [6.45, 7) is 0. The van der Waals surface area contributed by atoms with E-state index in [9.17, 15) is 23.2 Å². The van der Waals surface area contributed by atoms with Crippen molar-refractivity contribution in [3.8, 4) is 11.8 Å². The van der Waals surface area contributed by atoms with Crippen LogP contribution < -0.4 is 15.4 Å². The molecular weight excluding hydrogens is 418 g/mol. The van der Waals surface area contributed by atoms with Gasteiger partial charge in [-0.25, -0.2) is 0 Å². The van der Waals surface area contributed by atoms with Crippen molar-refractivity contribution in [2.45, 2.75) is 6.18 Å². The lowest BCUT2D eigenvalue weighted by molar-refractivity contribution is -0.137. The molecule has 0 atom stereocenters. The summed E-state index contributed by atoms with van der Waals surface area (Å²) in [5.41, 5.74) is -1.20. The van der Waals surface area contributed by atoms with Gasteiger partial charge in [0.15, 0.2) is 0 Å². The molecule has 5 nitrogen and oxygen atoms in total. The maximum absolute atomic E-state index is 12.9. The van der Waals surface area contributed by atoms with Gasteiger partial charge in [0.25, 0.3) is 5.91 Å². The minimum atomic E-state index is -4.64. The first kappa shape index (κ1) is 21.4. The average Bonchev–Trinajstić information content (AvgIpc) is 2.62. The minimum absolute atomic E-state index is 0.00221. The second-order valence-electron chi connectivity index (χ2n) is 5.31. The number of halogens is 5. The standard InChI is InChI=1S/C18H12Cl2F3N3O2/c1-28-16-5-2-11(19)6-15(16)26-17(27)10(8-24)9-25-12-3-4-14(20)13(7-12)18(21,22)23/h2-7,9,25H,1H3,(H,26,27)/b10-9-. The molecule has 0 radical (unpaired) electrons. The fourth-order valence-corrected chi connectivity index (χ4v) is 2.50. The third-order valence-electron chi connectivity index (χ3n) is 3.43. The van der Waals surface area contributed by atoms with E-state index < -0.39 is 22.7 Å². The second-order valence-corrected chi connectivity index (χ2v) is 6.15. The van der Waals surface area contributed by atoms with Gasteiger partial charge >= 0.3 is 6.18 Å². The zero-order chi connectivity index (χ0) is 20.9. The van der Waals surface area contributed by atoms with Crippen molar-refractivity contribution in [3.63, 3.8) is 0 Å². The van der Waals surface area contributed by atoms with Gasteiger partial charge in [-0.05, 0) is 36.4 Å². The van der Waals surface area contributed by atoms with Gasteiger partial charge in [0.2, 0.25) is 0 Å². The van der Waals surface area contributed by atoms with Crippen LogP contribution in [0.25, 0.3) is 0 Å². The summed E-state index contributed by atoms with van der Waals surface area (Å²) in [6, 6.07) is 9.28. The van der Waals surface area contributed by atoms with Gasteiger partial charge in [-0.2, -0.15) is 18.4 Å². The first-order valence-corrected chi connectivity index (χ1v) is 8.29. The molecular formula is C18H12Cl2F3N3O2. The summed E-state index contributed by atoms with van der Waals surface area (Å²) in [5.74, 6) is -0.490. The lowest BCUT2D eigenvalue weighted by atomic mass is 10.2. The van der Waals surface area contributed by atoms with Crippen LogP contribution in [-0.4, -0.2) is 13.0 Å². The molecule has 2 aromatic carbocycles. The van der Waals surface area contributed by atoms with Crippen molar-refractivity contribution in [2.75, 3.05) is 17.7 Å². The van der Waals surface area contributed by atoms with Crippen LogP contribution in [0.2, 0.25) is 10.0 Å². The molecule has 2 aromatic rings. The maximum Gasteiger partial charge on any atom is 0.417 e. The molecule has 0 saturated carbocycles. The zero-order valence-electron chi connectivity index (χ0n) is 14.2. The number of benzene rings is 2.